The number of anilines is 1. The molecule has 0 N–H and O–H groups in total. The van der Waals surface area contributed by atoms with Gasteiger partial charge in [0.2, 0.25) is 5.91 Å². The number of imidazole rings is 1. The number of carbonyl (C=O) groups excluding carboxylic acids is 1. The summed E-state index contributed by atoms with van der Waals surface area (Å²) in [6.07, 6.45) is -1.69. The molecule has 36 heavy (non-hydrogen) atoms. The molecule has 2 aromatic carbocycles. The Hall–Kier alpha value is -4.01. The summed E-state index contributed by atoms with van der Waals surface area (Å²) < 4.78 is 40.4. The lowest BCUT2D eigenvalue weighted by Crippen LogP contribution is -2.26. The molecule has 5 rings (SSSR count). The second-order valence-corrected chi connectivity index (χ2v) is 9.16. The fourth-order valence-electron chi connectivity index (χ4n) is 4.51. The first kappa shape index (κ1) is 23.7. The molecule has 184 valence electrons. The van der Waals surface area contributed by atoms with Crippen LogP contribution >= 0.6 is 0 Å². The number of fused-ring (bicyclic) bond motifs is 1. The first-order valence-electron chi connectivity index (χ1n) is 11.6. The number of carbonyl (C=O) groups is 1. The topological polar surface area (TPSA) is 63.9 Å². The standard InChI is InChI=1S/C27H24F3N5O/c1-16(2)20-6-4-5-7-21(20)24-31-13-19-12-23(36)35(26(19)33-24)15-17-8-10-18(11-9-17)25-32-14-22(34(25)3)27(28,29)30/h4-11,13-14,16H,12,15H2,1-3H3. The molecule has 1 amide bonds. The highest BCUT2D eigenvalue weighted by molar-refractivity contribution is 6.00. The van der Waals surface area contributed by atoms with Crippen molar-refractivity contribution in [3.05, 3.63) is 83.3 Å². The lowest BCUT2D eigenvalue weighted by Gasteiger charge is -2.18. The average molecular weight is 492 g/mol. The van der Waals surface area contributed by atoms with Gasteiger partial charge in [-0.15, -0.1) is 0 Å². The van der Waals surface area contributed by atoms with E-state index in [1.54, 1.807) is 35.4 Å². The molecule has 2 aromatic heterocycles. The number of aromatic nitrogens is 4. The zero-order valence-electron chi connectivity index (χ0n) is 20.0. The number of hydrogen-bond acceptors (Lipinski definition) is 4. The summed E-state index contributed by atoms with van der Waals surface area (Å²) in [7, 11) is 1.34. The van der Waals surface area contributed by atoms with Gasteiger partial charge >= 0.3 is 6.18 Å². The molecule has 0 radical (unpaired) electrons. The second-order valence-electron chi connectivity index (χ2n) is 9.16. The normalized spacial score (nSPS) is 13.5. The van der Waals surface area contributed by atoms with E-state index in [0.717, 1.165) is 33.0 Å². The molecule has 0 bridgehead atoms. The molecule has 0 atom stereocenters. The van der Waals surface area contributed by atoms with Crippen molar-refractivity contribution in [2.24, 2.45) is 7.05 Å². The smallest absolute Gasteiger partial charge is 0.324 e. The van der Waals surface area contributed by atoms with Crippen LogP contribution in [0.2, 0.25) is 0 Å². The number of amides is 1. The Kier molecular flexibility index (Phi) is 5.86. The van der Waals surface area contributed by atoms with E-state index in [1.807, 2.05) is 18.2 Å². The third-order valence-corrected chi connectivity index (χ3v) is 6.40. The molecule has 0 unspecified atom stereocenters. The number of hydrogen-bond donors (Lipinski definition) is 0. The average Bonchev–Trinajstić information content (AvgIpc) is 3.38. The molecule has 0 saturated heterocycles. The summed E-state index contributed by atoms with van der Waals surface area (Å²) in [5.74, 6) is 1.60. The van der Waals surface area contributed by atoms with Gasteiger partial charge in [0.15, 0.2) is 5.82 Å². The summed E-state index contributed by atoms with van der Waals surface area (Å²) in [6.45, 7) is 4.52. The zero-order valence-corrected chi connectivity index (χ0v) is 20.0. The minimum atomic E-state index is -4.47. The third-order valence-electron chi connectivity index (χ3n) is 6.40. The van der Waals surface area contributed by atoms with Crippen LogP contribution in [0.1, 0.15) is 42.1 Å². The predicted molar refractivity (Wildman–Crippen MR) is 130 cm³/mol. The molecule has 0 aliphatic carbocycles. The highest BCUT2D eigenvalue weighted by Gasteiger charge is 2.35. The quantitative estimate of drug-likeness (QED) is 0.355. The molecule has 9 heteroatoms. The lowest BCUT2D eigenvalue weighted by molar-refractivity contribution is -0.143. The Morgan fingerprint density at radius 2 is 1.72 bits per heavy atom. The molecule has 0 fully saturated rings. The molecule has 0 spiro atoms. The van der Waals surface area contributed by atoms with Gasteiger partial charge in [0, 0.05) is 29.9 Å². The van der Waals surface area contributed by atoms with Crippen molar-refractivity contribution in [2.45, 2.75) is 38.9 Å². The summed E-state index contributed by atoms with van der Waals surface area (Å²) in [6, 6.07) is 15.0. The maximum atomic E-state index is 13.1. The summed E-state index contributed by atoms with van der Waals surface area (Å²) in [4.78, 5) is 27.7. The van der Waals surface area contributed by atoms with Crippen LogP contribution in [-0.4, -0.2) is 25.4 Å². The first-order valence-corrected chi connectivity index (χ1v) is 11.6. The van der Waals surface area contributed by atoms with E-state index in [4.69, 9.17) is 4.98 Å². The highest BCUT2D eigenvalue weighted by atomic mass is 19.4. The van der Waals surface area contributed by atoms with E-state index in [9.17, 15) is 18.0 Å². The molecule has 0 saturated carbocycles. The number of rotatable bonds is 5. The Bertz CT molecular complexity index is 1440. The van der Waals surface area contributed by atoms with Gasteiger partial charge in [0.1, 0.15) is 17.3 Å². The number of benzene rings is 2. The monoisotopic (exact) mass is 491 g/mol. The van der Waals surface area contributed by atoms with Gasteiger partial charge in [0.05, 0.1) is 19.2 Å². The Morgan fingerprint density at radius 3 is 2.39 bits per heavy atom. The summed E-state index contributed by atoms with van der Waals surface area (Å²) >= 11 is 0. The Balaban J connectivity index is 1.42. The van der Waals surface area contributed by atoms with Gasteiger partial charge in [-0.25, -0.2) is 15.0 Å². The molecular formula is C27H24F3N5O. The fourth-order valence-corrected chi connectivity index (χ4v) is 4.51. The van der Waals surface area contributed by atoms with Crippen molar-refractivity contribution in [3.8, 4) is 22.8 Å². The maximum absolute atomic E-state index is 13.1. The molecule has 4 aromatic rings. The summed E-state index contributed by atoms with van der Waals surface area (Å²) in [5, 5.41) is 0. The predicted octanol–water partition coefficient (Wildman–Crippen LogP) is 5.78. The van der Waals surface area contributed by atoms with Crippen LogP contribution in [-0.2, 0) is 31.0 Å². The summed E-state index contributed by atoms with van der Waals surface area (Å²) in [5.41, 5.74) is 3.41. The van der Waals surface area contributed by atoms with Crippen LogP contribution in [0.5, 0.6) is 0 Å². The van der Waals surface area contributed by atoms with Crippen molar-refractivity contribution in [2.75, 3.05) is 4.90 Å². The molecule has 1 aliphatic heterocycles. The van der Waals surface area contributed by atoms with Gasteiger partial charge in [-0.05, 0) is 17.0 Å². The maximum Gasteiger partial charge on any atom is 0.433 e. The van der Waals surface area contributed by atoms with E-state index in [0.29, 0.717) is 29.7 Å². The van der Waals surface area contributed by atoms with Gasteiger partial charge in [0.25, 0.3) is 0 Å². The third kappa shape index (κ3) is 4.25. The van der Waals surface area contributed by atoms with Crippen molar-refractivity contribution in [1.82, 2.24) is 19.5 Å². The van der Waals surface area contributed by atoms with Crippen LogP contribution in [0.4, 0.5) is 19.0 Å². The second kappa shape index (κ2) is 8.89. The molecule has 6 nitrogen and oxygen atoms in total. The van der Waals surface area contributed by atoms with Gasteiger partial charge in [-0.2, -0.15) is 13.2 Å². The lowest BCUT2D eigenvalue weighted by atomic mass is 9.97. The molecule has 3 heterocycles. The van der Waals surface area contributed by atoms with Gasteiger partial charge in [-0.3, -0.25) is 9.69 Å². The van der Waals surface area contributed by atoms with Gasteiger partial charge in [-0.1, -0.05) is 62.4 Å². The minimum absolute atomic E-state index is 0.0726. The molecule has 1 aliphatic rings. The van der Waals surface area contributed by atoms with Gasteiger partial charge < -0.3 is 4.57 Å². The highest BCUT2D eigenvalue weighted by Crippen LogP contribution is 2.34. The van der Waals surface area contributed by atoms with Crippen molar-refractivity contribution in [3.63, 3.8) is 0 Å². The van der Waals surface area contributed by atoms with Crippen molar-refractivity contribution >= 4 is 11.7 Å². The van der Waals surface area contributed by atoms with E-state index in [1.165, 1.54) is 7.05 Å². The SMILES string of the molecule is CC(C)c1ccccc1-c1ncc2c(n1)N(Cc1ccc(-c3ncc(C(F)(F)F)n3C)cc1)C(=O)C2. The molecular weight excluding hydrogens is 467 g/mol. The Labute approximate surface area is 206 Å². The number of nitrogens with zero attached hydrogens (tertiary/aromatic N) is 5. The largest absolute Gasteiger partial charge is 0.433 e. The zero-order chi connectivity index (χ0) is 25.6. The van der Waals surface area contributed by atoms with Crippen LogP contribution < -0.4 is 4.90 Å². The first-order chi connectivity index (χ1) is 17.1. The van der Waals surface area contributed by atoms with E-state index < -0.39 is 11.9 Å². The van der Waals surface area contributed by atoms with E-state index >= 15 is 0 Å². The van der Waals surface area contributed by atoms with E-state index in [-0.39, 0.29) is 18.2 Å². The van der Waals surface area contributed by atoms with E-state index in [2.05, 4.69) is 29.9 Å². The van der Waals surface area contributed by atoms with Crippen molar-refractivity contribution in [1.29, 1.82) is 0 Å². The number of alkyl halides is 3. The van der Waals surface area contributed by atoms with Crippen LogP contribution in [0.3, 0.4) is 0 Å². The van der Waals surface area contributed by atoms with Crippen LogP contribution in [0, 0.1) is 0 Å². The van der Waals surface area contributed by atoms with Crippen LogP contribution in [0.25, 0.3) is 22.8 Å². The van der Waals surface area contributed by atoms with Crippen LogP contribution in [0.15, 0.2) is 60.9 Å². The van der Waals surface area contributed by atoms with Crippen molar-refractivity contribution < 1.29 is 18.0 Å². The minimum Gasteiger partial charge on any atom is -0.324 e. The number of halogens is 3. The fraction of sp³-hybridized carbons (Fsp3) is 0.259. The Morgan fingerprint density at radius 1 is 1.00 bits per heavy atom.